The summed E-state index contributed by atoms with van der Waals surface area (Å²) in [6.45, 7) is 7.36. The monoisotopic (exact) mass is 494 g/mol. The molecule has 9 nitrogen and oxygen atoms in total. The van der Waals surface area contributed by atoms with E-state index in [0.717, 1.165) is 5.56 Å². The summed E-state index contributed by atoms with van der Waals surface area (Å²) >= 11 is 4.14. The second-order valence-electron chi connectivity index (χ2n) is 8.94. The van der Waals surface area contributed by atoms with Crippen molar-refractivity contribution in [3.05, 3.63) is 35.9 Å². The number of hydrogen-bond donors (Lipinski definition) is 6. The third-order valence-corrected chi connectivity index (χ3v) is 5.93. The molecule has 0 aliphatic heterocycles. The molecular formula is C24H38N4O5S. The van der Waals surface area contributed by atoms with Crippen molar-refractivity contribution in [2.75, 3.05) is 5.75 Å². The van der Waals surface area contributed by atoms with E-state index < -0.39 is 47.9 Å². The summed E-state index contributed by atoms with van der Waals surface area (Å²) in [4.78, 5) is 49.9. The fourth-order valence-corrected chi connectivity index (χ4v) is 3.60. The Bertz CT molecular complexity index is 821. The van der Waals surface area contributed by atoms with Gasteiger partial charge in [-0.05, 0) is 30.2 Å². The number of thiol groups is 1. The zero-order chi connectivity index (χ0) is 25.8. The average molecular weight is 495 g/mol. The molecular weight excluding hydrogens is 456 g/mol. The molecule has 0 aromatic heterocycles. The summed E-state index contributed by atoms with van der Waals surface area (Å²) in [6.07, 6.45) is 1.21. The van der Waals surface area contributed by atoms with Crippen molar-refractivity contribution in [3.8, 4) is 0 Å². The third-order valence-electron chi connectivity index (χ3n) is 5.57. The van der Waals surface area contributed by atoms with E-state index in [0.29, 0.717) is 19.3 Å². The van der Waals surface area contributed by atoms with Crippen LogP contribution in [0.4, 0.5) is 0 Å². The predicted molar refractivity (Wildman–Crippen MR) is 134 cm³/mol. The van der Waals surface area contributed by atoms with Crippen molar-refractivity contribution in [2.24, 2.45) is 17.6 Å². The largest absolute Gasteiger partial charge is 0.480 e. The van der Waals surface area contributed by atoms with Gasteiger partial charge in [-0.1, -0.05) is 64.4 Å². The number of hydrogen-bond acceptors (Lipinski definition) is 6. The van der Waals surface area contributed by atoms with Crippen LogP contribution in [-0.2, 0) is 25.6 Å². The normalized spacial score (nSPS) is 15.5. The van der Waals surface area contributed by atoms with E-state index in [1.54, 1.807) is 6.92 Å². The number of amides is 3. The molecule has 10 heteroatoms. The molecule has 5 unspecified atom stereocenters. The second kappa shape index (κ2) is 14.6. The molecule has 1 aromatic carbocycles. The van der Waals surface area contributed by atoms with Crippen LogP contribution in [0.15, 0.2) is 30.3 Å². The van der Waals surface area contributed by atoms with Crippen molar-refractivity contribution in [2.45, 2.75) is 71.1 Å². The van der Waals surface area contributed by atoms with Gasteiger partial charge in [-0.25, -0.2) is 4.79 Å². The van der Waals surface area contributed by atoms with E-state index in [1.165, 1.54) is 0 Å². The Hall–Kier alpha value is -2.59. The molecule has 6 N–H and O–H groups in total. The van der Waals surface area contributed by atoms with Gasteiger partial charge in [0.05, 0.1) is 6.04 Å². The number of carbonyl (C=O) groups excluding carboxylic acids is 3. The van der Waals surface area contributed by atoms with Crippen molar-refractivity contribution >= 4 is 36.3 Å². The van der Waals surface area contributed by atoms with E-state index >= 15 is 0 Å². The minimum absolute atomic E-state index is 0.0414. The minimum atomic E-state index is -1.15. The lowest BCUT2D eigenvalue weighted by Gasteiger charge is -2.26. The Balaban J connectivity index is 2.86. The Morgan fingerprint density at radius 1 is 0.941 bits per heavy atom. The van der Waals surface area contributed by atoms with Crippen molar-refractivity contribution in [3.63, 3.8) is 0 Å². The first kappa shape index (κ1) is 29.4. The lowest BCUT2D eigenvalue weighted by atomic mass is 9.99. The highest BCUT2D eigenvalue weighted by atomic mass is 32.1. The van der Waals surface area contributed by atoms with Gasteiger partial charge in [0, 0.05) is 5.75 Å². The molecule has 0 aliphatic rings. The Labute approximate surface area is 207 Å². The van der Waals surface area contributed by atoms with Crippen LogP contribution >= 0.6 is 12.6 Å². The standard InChI is InChI=1S/C24H38N4O5S/c1-5-15(4)20(24(32)33)28-23(31)19(13-34)27-22(30)18(11-14(2)3)26-21(29)17(25)12-16-9-7-6-8-10-16/h6-10,14-15,17-20,34H,5,11-13,25H2,1-4H3,(H,26,29)(H,27,30)(H,28,31)(H,32,33). The minimum Gasteiger partial charge on any atom is -0.480 e. The van der Waals surface area contributed by atoms with Gasteiger partial charge in [-0.2, -0.15) is 12.6 Å². The number of benzene rings is 1. The Morgan fingerprint density at radius 2 is 1.50 bits per heavy atom. The first-order valence-electron chi connectivity index (χ1n) is 11.5. The highest BCUT2D eigenvalue weighted by Gasteiger charge is 2.31. The van der Waals surface area contributed by atoms with Crippen LogP contribution in [0.25, 0.3) is 0 Å². The van der Waals surface area contributed by atoms with Gasteiger partial charge in [0.15, 0.2) is 0 Å². The maximum Gasteiger partial charge on any atom is 0.326 e. The molecule has 0 heterocycles. The molecule has 34 heavy (non-hydrogen) atoms. The Morgan fingerprint density at radius 3 is 2.00 bits per heavy atom. The summed E-state index contributed by atoms with van der Waals surface area (Å²) in [6, 6.07) is 5.41. The number of carboxylic acid groups (broad SMARTS) is 1. The zero-order valence-corrected chi connectivity index (χ0v) is 21.2. The Kier molecular flexibility index (Phi) is 12.7. The van der Waals surface area contributed by atoms with Crippen LogP contribution in [0, 0.1) is 11.8 Å². The predicted octanol–water partition coefficient (Wildman–Crippen LogP) is 1.12. The molecule has 0 saturated carbocycles. The topological polar surface area (TPSA) is 151 Å². The molecule has 0 aliphatic carbocycles. The number of aliphatic carboxylic acids is 1. The van der Waals surface area contributed by atoms with E-state index in [9.17, 15) is 24.3 Å². The summed E-state index contributed by atoms with van der Waals surface area (Å²) in [7, 11) is 0. The zero-order valence-electron chi connectivity index (χ0n) is 20.3. The molecule has 0 saturated heterocycles. The van der Waals surface area contributed by atoms with Crippen LogP contribution in [-0.4, -0.2) is 58.7 Å². The van der Waals surface area contributed by atoms with Gasteiger partial charge < -0.3 is 26.8 Å². The van der Waals surface area contributed by atoms with Crippen LogP contribution in [0.1, 0.15) is 46.1 Å². The summed E-state index contributed by atoms with van der Waals surface area (Å²) in [5.41, 5.74) is 6.95. The summed E-state index contributed by atoms with van der Waals surface area (Å²) in [5.74, 6) is -3.09. The molecule has 3 amide bonds. The lowest BCUT2D eigenvalue weighted by molar-refractivity contribution is -0.143. The number of carboxylic acids is 1. The number of carbonyl (C=O) groups is 4. The van der Waals surface area contributed by atoms with Crippen LogP contribution in [0.2, 0.25) is 0 Å². The quantitative estimate of drug-likeness (QED) is 0.213. The maximum absolute atomic E-state index is 13.0. The van der Waals surface area contributed by atoms with E-state index in [-0.39, 0.29) is 17.6 Å². The third kappa shape index (κ3) is 9.72. The molecule has 0 fully saturated rings. The van der Waals surface area contributed by atoms with Crippen LogP contribution in [0.3, 0.4) is 0 Å². The molecule has 0 radical (unpaired) electrons. The van der Waals surface area contributed by atoms with Crippen LogP contribution < -0.4 is 21.7 Å². The number of nitrogens with one attached hydrogen (secondary N) is 3. The first-order chi connectivity index (χ1) is 16.0. The molecule has 0 spiro atoms. The van der Waals surface area contributed by atoms with Gasteiger partial charge in [-0.15, -0.1) is 0 Å². The lowest BCUT2D eigenvalue weighted by Crippen LogP contribution is -2.58. The van der Waals surface area contributed by atoms with E-state index in [1.807, 2.05) is 51.1 Å². The van der Waals surface area contributed by atoms with E-state index in [4.69, 9.17) is 5.73 Å². The van der Waals surface area contributed by atoms with Gasteiger partial charge in [0.1, 0.15) is 18.1 Å². The molecule has 190 valence electrons. The van der Waals surface area contributed by atoms with Crippen molar-refractivity contribution < 1.29 is 24.3 Å². The van der Waals surface area contributed by atoms with E-state index in [2.05, 4.69) is 28.6 Å². The highest BCUT2D eigenvalue weighted by molar-refractivity contribution is 7.80. The van der Waals surface area contributed by atoms with Crippen LogP contribution in [0.5, 0.6) is 0 Å². The van der Waals surface area contributed by atoms with Gasteiger partial charge in [-0.3, -0.25) is 14.4 Å². The fraction of sp³-hybridized carbons (Fsp3) is 0.583. The maximum atomic E-state index is 13.0. The SMILES string of the molecule is CCC(C)C(NC(=O)C(CS)NC(=O)C(CC(C)C)NC(=O)C(N)Cc1ccccc1)C(=O)O. The number of nitrogens with two attached hydrogens (primary N) is 1. The second-order valence-corrected chi connectivity index (χ2v) is 9.31. The summed E-state index contributed by atoms with van der Waals surface area (Å²) in [5, 5.41) is 17.2. The molecule has 1 aromatic rings. The fourth-order valence-electron chi connectivity index (χ4n) is 3.35. The van der Waals surface area contributed by atoms with Gasteiger partial charge in [0.2, 0.25) is 17.7 Å². The molecule has 0 bridgehead atoms. The molecule has 1 rings (SSSR count). The number of rotatable bonds is 14. The highest BCUT2D eigenvalue weighted by Crippen LogP contribution is 2.10. The van der Waals surface area contributed by atoms with Gasteiger partial charge in [0.25, 0.3) is 0 Å². The summed E-state index contributed by atoms with van der Waals surface area (Å²) < 4.78 is 0. The smallest absolute Gasteiger partial charge is 0.326 e. The van der Waals surface area contributed by atoms with Gasteiger partial charge >= 0.3 is 5.97 Å². The van der Waals surface area contributed by atoms with Crippen molar-refractivity contribution in [1.29, 1.82) is 0 Å². The molecule has 5 atom stereocenters. The first-order valence-corrected chi connectivity index (χ1v) is 12.2. The average Bonchev–Trinajstić information content (AvgIpc) is 2.79. The van der Waals surface area contributed by atoms with Crippen molar-refractivity contribution in [1.82, 2.24) is 16.0 Å².